The zero-order valence-corrected chi connectivity index (χ0v) is 13.6. The number of aliphatic hydroxyl groups is 1. The smallest absolute Gasteiger partial charge is 0.192 e. The first-order chi connectivity index (χ1) is 11.9. The molecular weight excluding hydrogens is 343 g/mol. The summed E-state index contributed by atoms with van der Waals surface area (Å²) in [5, 5.41) is 15.6. The van der Waals surface area contributed by atoms with Crippen LogP contribution in [0, 0.1) is 5.82 Å². The van der Waals surface area contributed by atoms with Gasteiger partial charge < -0.3 is 10.8 Å². The van der Waals surface area contributed by atoms with Crippen LogP contribution in [0.4, 0.5) is 10.1 Å². The molecule has 0 amide bonds. The van der Waals surface area contributed by atoms with Crippen molar-refractivity contribution in [2.24, 2.45) is 0 Å². The van der Waals surface area contributed by atoms with Crippen molar-refractivity contribution in [3.8, 4) is 0 Å². The van der Waals surface area contributed by atoms with Crippen LogP contribution in [0.15, 0.2) is 42.5 Å². The number of anilines is 1. The molecule has 0 radical (unpaired) electrons. The first kappa shape index (κ1) is 14.8. The van der Waals surface area contributed by atoms with Gasteiger partial charge in [0.05, 0.1) is 0 Å². The summed E-state index contributed by atoms with van der Waals surface area (Å²) in [5.41, 5.74) is 7.23. The topological polar surface area (TPSA) is 75.3 Å². The summed E-state index contributed by atoms with van der Waals surface area (Å²) in [5.74, 6) is -0.675. The lowest BCUT2D eigenvalue weighted by atomic mass is 9.65. The summed E-state index contributed by atoms with van der Waals surface area (Å²) >= 11 is 6.11. The lowest BCUT2D eigenvalue weighted by molar-refractivity contribution is 0.0729. The molecule has 124 valence electrons. The largest absolute Gasteiger partial charge is 0.398 e. The lowest BCUT2D eigenvalue weighted by Gasteiger charge is -2.40. The van der Waals surface area contributed by atoms with E-state index in [-0.39, 0.29) is 5.78 Å². The van der Waals surface area contributed by atoms with Crippen LogP contribution in [-0.4, -0.2) is 10.9 Å². The number of Topliss-reactive ketones (excluding diaryl/α,β-unsaturated/α-hetero) is 1. The molecule has 0 fully saturated rings. The van der Waals surface area contributed by atoms with E-state index in [4.69, 9.17) is 17.3 Å². The molecule has 3 aromatic rings. The zero-order valence-electron chi connectivity index (χ0n) is 12.8. The number of ketones is 1. The normalized spacial score (nSPS) is 23.6. The second-order valence-electron chi connectivity index (χ2n) is 6.44. The molecule has 4 N–H and O–H groups in total. The minimum atomic E-state index is -1.31. The second kappa shape index (κ2) is 4.58. The fourth-order valence-corrected chi connectivity index (χ4v) is 4.32. The first-order valence-electron chi connectivity index (χ1n) is 7.76. The van der Waals surface area contributed by atoms with Crippen LogP contribution in [0.1, 0.15) is 33.3 Å². The van der Waals surface area contributed by atoms with Crippen LogP contribution in [0.5, 0.6) is 0 Å². The van der Waals surface area contributed by atoms with Gasteiger partial charge in [-0.25, -0.2) is 4.39 Å². The highest BCUT2D eigenvalue weighted by Crippen LogP contribution is 2.54. The van der Waals surface area contributed by atoms with Gasteiger partial charge in [-0.3, -0.25) is 10.1 Å². The molecule has 5 rings (SSSR count). The molecule has 0 bridgehead atoms. The molecule has 1 heterocycles. The highest BCUT2D eigenvalue weighted by molar-refractivity contribution is 6.31. The van der Waals surface area contributed by atoms with Gasteiger partial charge in [-0.2, -0.15) is 0 Å². The van der Waals surface area contributed by atoms with Crippen molar-refractivity contribution >= 4 is 33.8 Å². The van der Waals surface area contributed by atoms with Gasteiger partial charge in [-0.15, -0.1) is 0 Å². The van der Waals surface area contributed by atoms with Gasteiger partial charge in [0.1, 0.15) is 17.6 Å². The number of hydrogen-bond acceptors (Lipinski definition) is 4. The minimum absolute atomic E-state index is 0.228. The molecule has 0 saturated heterocycles. The number of hydrogen-bond donors (Lipinski definition) is 3. The monoisotopic (exact) mass is 354 g/mol. The summed E-state index contributed by atoms with van der Waals surface area (Å²) < 4.78 is 13.8. The second-order valence-corrected chi connectivity index (χ2v) is 6.87. The van der Waals surface area contributed by atoms with Crippen molar-refractivity contribution in [1.82, 2.24) is 5.32 Å². The Morgan fingerprint density at radius 3 is 2.80 bits per heavy atom. The summed E-state index contributed by atoms with van der Waals surface area (Å²) in [7, 11) is 0. The van der Waals surface area contributed by atoms with Gasteiger partial charge in [0, 0.05) is 27.4 Å². The lowest BCUT2D eigenvalue weighted by Crippen LogP contribution is -2.55. The summed E-state index contributed by atoms with van der Waals surface area (Å²) in [4.78, 5) is 12.9. The van der Waals surface area contributed by atoms with Gasteiger partial charge in [-0.05, 0) is 52.7 Å². The minimum Gasteiger partial charge on any atom is -0.398 e. The molecule has 2 unspecified atom stereocenters. The molecule has 0 saturated carbocycles. The van der Waals surface area contributed by atoms with Crippen LogP contribution in [0.2, 0.25) is 5.02 Å². The Morgan fingerprint density at radius 2 is 2.00 bits per heavy atom. The van der Waals surface area contributed by atoms with Crippen LogP contribution >= 0.6 is 11.6 Å². The fourth-order valence-electron chi connectivity index (χ4n) is 4.15. The Hall–Kier alpha value is -2.47. The Labute approximate surface area is 147 Å². The molecule has 3 aromatic carbocycles. The molecule has 0 aromatic heterocycles. The number of aliphatic hydroxyl groups excluding tert-OH is 1. The number of nitrogen functional groups attached to an aromatic ring is 1. The van der Waals surface area contributed by atoms with E-state index in [1.807, 2.05) is 6.07 Å². The standard InChI is InChI=1S/C19H12ClFN2O2/c20-9-2-1-8-5-14(22)16-15(12(8)6-9)18(25)23-19(16)13-7-10(21)3-4-11(13)17(19)24/h1-7,18,23,25H,22H2. The predicted molar refractivity (Wildman–Crippen MR) is 93.0 cm³/mol. The molecule has 6 heteroatoms. The Bertz CT molecular complexity index is 1110. The van der Waals surface area contributed by atoms with Crippen LogP contribution in [-0.2, 0) is 5.54 Å². The third kappa shape index (κ3) is 1.65. The molecule has 1 aliphatic carbocycles. The van der Waals surface area contributed by atoms with E-state index in [0.29, 0.717) is 38.4 Å². The predicted octanol–water partition coefficient (Wildman–Crippen LogP) is 3.25. The van der Waals surface area contributed by atoms with Gasteiger partial charge in [0.25, 0.3) is 0 Å². The number of halogens is 2. The van der Waals surface area contributed by atoms with Gasteiger partial charge >= 0.3 is 0 Å². The number of carbonyl (C=O) groups excluding carboxylic acids is 1. The van der Waals surface area contributed by atoms with Crippen molar-refractivity contribution in [2.45, 2.75) is 11.8 Å². The summed E-state index contributed by atoms with van der Waals surface area (Å²) in [6, 6.07) is 11.0. The number of carbonyl (C=O) groups is 1. The number of benzene rings is 3. The zero-order chi connectivity index (χ0) is 17.5. The van der Waals surface area contributed by atoms with Gasteiger partial charge in [0.2, 0.25) is 0 Å². The molecule has 2 aliphatic rings. The first-order valence-corrected chi connectivity index (χ1v) is 8.14. The summed E-state index contributed by atoms with van der Waals surface area (Å²) in [6.45, 7) is 0. The Morgan fingerprint density at radius 1 is 1.20 bits per heavy atom. The van der Waals surface area contributed by atoms with Crippen molar-refractivity contribution < 1.29 is 14.3 Å². The van der Waals surface area contributed by atoms with Crippen molar-refractivity contribution in [2.75, 3.05) is 5.73 Å². The van der Waals surface area contributed by atoms with Crippen LogP contribution in [0.3, 0.4) is 0 Å². The average molecular weight is 355 g/mol. The molecule has 2 atom stereocenters. The van der Waals surface area contributed by atoms with Crippen molar-refractivity contribution in [3.05, 3.63) is 75.6 Å². The quantitative estimate of drug-likeness (QED) is 0.542. The SMILES string of the molecule is Nc1cc2ccc(Cl)cc2c2c1C1(NC2O)C(=O)c2ccc(F)cc21. The van der Waals surface area contributed by atoms with E-state index in [1.165, 1.54) is 18.2 Å². The van der Waals surface area contributed by atoms with E-state index < -0.39 is 17.6 Å². The molecular formula is C19H12ClFN2O2. The Balaban J connectivity index is 1.89. The van der Waals surface area contributed by atoms with E-state index >= 15 is 0 Å². The third-order valence-corrected chi connectivity index (χ3v) is 5.38. The molecule has 4 nitrogen and oxygen atoms in total. The number of rotatable bonds is 0. The molecule has 1 aliphatic heterocycles. The Kier molecular flexibility index (Phi) is 2.72. The van der Waals surface area contributed by atoms with E-state index in [1.54, 1.807) is 18.2 Å². The maximum absolute atomic E-state index is 13.8. The summed E-state index contributed by atoms with van der Waals surface area (Å²) in [6.07, 6.45) is -1.11. The number of nitrogens with one attached hydrogen (secondary N) is 1. The molecule has 25 heavy (non-hydrogen) atoms. The van der Waals surface area contributed by atoms with Gasteiger partial charge in [-0.1, -0.05) is 17.7 Å². The van der Waals surface area contributed by atoms with Crippen molar-refractivity contribution in [1.29, 1.82) is 0 Å². The average Bonchev–Trinajstić information content (AvgIpc) is 2.92. The van der Waals surface area contributed by atoms with E-state index in [0.717, 1.165) is 5.39 Å². The maximum atomic E-state index is 13.8. The number of fused-ring (bicyclic) bond motifs is 6. The van der Waals surface area contributed by atoms with Gasteiger partial charge in [0.15, 0.2) is 5.78 Å². The van der Waals surface area contributed by atoms with E-state index in [9.17, 15) is 14.3 Å². The van der Waals surface area contributed by atoms with Crippen LogP contribution < -0.4 is 11.1 Å². The maximum Gasteiger partial charge on any atom is 0.192 e. The fraction of sp³-hybridized carbons (Fsp3) is 0.105. The highest BCUT2D eigenvalue weighted by Gasteiger charge is 2.59. The highest BCUT2D eigenvalue weighted by atomic mass is 35.5. The number of nitrogens with two attached hydrogens (primary N) is 1. The van der Waals surface area contributed by atoms with Crippen molar-refractivity contribution in [3.63, 3.8) is 0 Å². The van der Waals surface area contributed by atoms with E-state index in [2.05, 4.69) is 5.32 Å². The third-order valence-electron chi connectivity index (χ3n) is 5.15. The van der Waals surface area contributed by atoms with Crippen LogP contribution in [0.25, 0.3) is 10.8 Å². The molecule has 1 spiro atoms.